The highest BCUT2D eigenvalue weighted by molar-refractivity contribution is 5.95. The molecular formula is C41H32. The number of hydrogen-bond donors (Lipinski definition) is 0. The quantitative estimate of drug-likeness (QED) is 0.215. The molecule has 6 aromatic rings. The van der Waals surface area contributed by atoms with E-state index in [0.29, 0.717) is 11.8 Å². The zero-order valence-corrected chi connectivity index (χ0v) is 23.6. The van der Waals surface area contributed by atoms with E-state index in [9.17, 15) is 0 Å². The highest BCUT2D eigenvalue weighted by Crippen LogP contribution is 2.53. The van der Waals surface area contributed by atoms with Crippen molar-refractivity contribution in [1.82, 2.24) is 0 Å². The van der Waals surface area contributed by atoms with Gasteiger partial charge >= 0.3 is 0 Å². The topological polar surface area (TPSA) is 0 Å². The van der Waals surface area contributed by atoms with Crippen LogP contribution in [0.4, 0.5) is 0 Å². The van der Waals surface area contributed by atoms with Crippen LogP contribution in [0.15, 0.2) is 145 Å². The maximum Gasteiger partial charge on any atom is 0.00699 e. The third kappa shape index (κ3) is 3.82. The van der Waals surface area contributed by atoms with Gasteiger partial charge in [-0.3, -0.25) is 0 Å². The number of benzene rings is 6. The summed E-state index contributed by atoms with van der Waals surface area (Å²) < 4.78 is 0. The lowest BCUT2D eigenvalue weighted by molar-refractivity contribution is 0.642. The van der Waals surface area contributed by atoms with Crippen molar-refractivity contribution in [2.75, 3.05) is 0 Å². The molecule has 0 spiro atoms. The monoisotopic (exact) mass is 524 g/mol. The van der Waals surface area contributed by atoms with Gasteiger partial charge in [0.15, 0.2) is 0 Å². The molecule has 2 atom stereocenters. The van der Waals surface area contributed by atoms with Crippen molar-refractivity contribution >= 4 is 32.7 Å². The molecule has 0 bridgehead atoms. The Balaban J connectivity index is 1.24. The summed E-state index contributed by atoms with van der Waals surface area (Å²) in [6.45, 7) is 4.75. The van der Waals surface area contributed by atoms with E-state index >= 15 is 0 Å². The van der Waals surface area contributed by atoms with Crippen LogP contribution in [0.1, 0.15) is 65.5 Å². The second-order valence-electron chi connectivity index (χ2n) is 11.8. The SMILES string of the molecule is CC1=C(c2ccc3ccccc3c2)c2ccccc2C1CC1C(C)=C(c2ccc3ccccc3c2)c2ccccc21. The van der Waals surface area contributed by atoms with Gasteiger partial charge in [-0.1, -0.05) is 132 Å². The summed E-state index contributed by atoms with van der Waals surface area (Å²) in [5.74, 6) is 0.772. The molecule has 0 heterocycles. The van der Waals surface area contributed by atoms with Crippen LogP contribution in [0.5, 0.6) is 0 Å². The minimum atomic E-state index is 0.386. The van der Waals surface area contributed by atoms with Gasteiger partial charge in [0.1, 0.15) is 0 Å². The van der Waals surface area contributed by atoms with Crippen LogP contribution < -0.4 is 0 Å². The molecule has 41 heavy (non-hydrogen) atoms. The molecule has 0 N–H and O–H groups in total. The zero-order chi connectivity index (χ0) is 27.5. The number of allylic oxidation sites excluding steroid dienone is 2. The van der Waals surface area contributed by atoms with Crippen molar-refractivity contribution in [2.24, 2.45) is 0 Å². The molecular weight excluding hydrogens is 492 g/mol. The fourth-order valence-corrected chi connectivity index (χ4v) is 7.60. The van der Waals surface area contributed by atoms with E-state index in [1.165, 1.54) is 77.2 Å². The van der Waals surface area contributed by atoms with Gasteiger partial charge in [0.2, 0.25) is 0 Å². The fraction of sp³-hybridized carbons (Fsp3) is 0.122. The first-order chi connectivity index (χ1) is 20.2. The molecule has 196 valence electrons. The lowest BCUT2D eigenvalue weighted by atomic mass is 9.82. The number of rotatable bonds is 4. The summed E-state index contributed by atoms with van der Waals surface area (Å²) in [4.78, 5) is 0. The molecule has 6 aromatic carbocycles. The number of fused-ring (bicyclic) bond motifs is 4. The lowest BCUT2D eigenvalue weighted by Gasteiger charge is -2.22. The Bertz CT molecular complexity index is 1900. The van der Waals surface area contributed by atoms with Crippen LogP contribution in [0, 0.1) is 0 Å². The van der Waals surface area contributed by atoms with Gasteiger partial charge in [0.05, 0.1) is 0 Å². The molecule has 0 fully saturated rings. The highest BCUT2D eigenvalue weighted by Gasteiger charge is 2.36. The second kappa shape index (κ2) is 9.46. The summed E-state index contributed by atoms with van der Waals surface area (Å²) in [5.41, 5.74) is 14.2. The largest absolute Gasteiger partial charge is 0.0619 e. The Kier molecular flexibility index (Phi) is 5.57. The van der Waals surface area contributed by atoms with Gasteiger partial charge in [0, 0.05) is 11.8 Å². The number of hydrogen-bond acceptors (Lipinski definition) is 0. The first kappa shape index (κ1) is 24.1. The highest BCUT2D eigenvalue weighted by atomic mass is 14.4. The van der Waals surface area contributed by atoms with Gasteiger partial charge in [-0.2, -0.15) is 0 Å². The summed E-state index contributed by atoms with van der Waals surface area (Å²) >= 11 is 0. The van der Waals surface area contributed by atoms with Crippen LogP contribution in [-0.4, -0.2) is 0 Å². The smallest absolute Gasteiger partial charge is 0.00699 e. The zero-order valence-electron chi connectivity index (χ0n) is 23.6. The van der Waals surface area contributed by atoms with Crippen LogP contribution >= 0.6 is 0 Å². The molecule has 2 unspecified atom stereocenters. The molecule has 0 amide bonds. The van der Waals surface area contributed by atoms with E-state index in [1.54, 1.807) is 0 Å². The van der Waals surface area contributed by atoms with Crippen LogP contribution in [0.3, 0.4) is 0 Å². The van der Waals surface area contributed by atoms with Crippen molar-refractivity contribution in [1.29, 1.82) is 0 Å². The van der Waals surface area contributed by atoms with Crippen molar-refractivity contribution < 1.29 is 0 Å². The maximum atomic E-state index is 2.38. The Hall–Kier alpha value is -4.68. The van der Waals surface area contributed by atoms with E-state index < -0.39 is 0 Å². The summed E-state index contributed by atoms with van der Waals surface area (Å²) in [6, 6.07) is 49.5. The molecule has 0 saturated heterocycles. The predicted molar refractivity (Wildman–Crippen MR) is 174 cm³/mol. The summed E-state index contributed by atoms with van der Waals surface area (Å²) in [5, 5.41) is 5.19. The van der Waals surface area contributed by atoms with Crippen molar-refractivity contribution in [3.8, 4) is 0 Å². The third-order valence-electron chi connectivity index (χ3n) is 9.59. The van der Waals surface area contributed by atoms with Gasteiger partial charge in [-0.15, -0.1) is 0 Å². The molecule has 8 rings (SSSR count). The van der Waals surface area contributed by atoms with Gasteiger partial charge in [-0.25, -0.2) is 0 Å². The Morgan fingerprint density at radius 1 is 0.415 bits per heavy atom. The van der Waals surface area contributed by atoms with Crippen molar-refractivity contribution in [3.63, 3.8) is 0 Å². The van der Waals surface area contributed by atoms with Crippen LogP contribution in [0.2, 0.25) is 0 Å². The van der Waals surface area contributed by atoms with E-state index in [4.69, 9.17) is 0 Å². The van der Waals surface area contributed by atoms with E-state index in [1.807, 2.05) is 0 Å². The average Bonchev–Trinajstić information content (AvgIpc) is 3.46. The third-order valence-corrected chi connectivity index (χ3v) is 9.59. The van der Waals surface area contributed by atoms with E-state index in [-0.39, 0.29) is 0 Å². The van der Waals surface area contributed by atoms with Gasteiger partial charge in [-0.05, 0) is 98.5 Å². The molecule has 2 aliphatic rings. The van der Waals surface area contributed by atoms with Crippen LogP contribution in [0.25, 0.3) is 32.7 Å². The first-order valence-electron chi connectivity index (χ1n) is 14.8. The fourth-order valence-electron chi connectivity index (χ4n) is 7.60. The van der Waals surface area contributed by atoms with Gasteiger partial charge < -0.3 is 0 Å². The van der Waals surface area contributed by atoms with Crippen molar-refractivity contribution in [3.05, 3.63) is 178 Å². The maximum absolute atomic E-state index is 2.38. The summed E-state index contributed by atoms with van der Waals surface area (Å²) in [7, 11) is 0. The standard InChI is InChI=1S/C41H32/c1-26-38(34-15-7-9-17-36(34)40(26)32-21-19-28-11-3-5-13-30(28)23-32)25-39-27(2)41(37-18-10-8-16-35(37)39)33-22-20-29-12-4-6-14-31(29)24-33/h3-24,38-39H,25H2,1-2H3. The lowest BCUT2D eigenvalue weighted by Crippen LogP contribution is -2.06. The summed E-state index contributed by atoms with van der Waals surface area (Å²) in [6.07, 6.45) is 1.08. The van der Waals surface area contributed by atoms with E-state index in [2.05, 4.69) is 147 Å². The van der Waals surface area contributed by atoms with Crippen LogP contribution in [-0.2, 0) is 0 Å². The first-order valence-corrected chi connectivity index (χ1v) is 14.8. The molecule has 0 aliphatic heterocycles. The Morgan fingerprint density at radius 2 is 0.805 bits per heavy atom. The Labute approximate surface area is 242 Å². The molecule has 0 saturated carbocycles. The predicted octanol–water partition coefficient (Wildman–Crippen LogP) is 10.9. The normalized spacial score (nSPS) is 17.9. The minimum Gasteiger partial charge on any atom is -0.0619 e. The second-order valence-corrected chi connectivity index (χ2v) is 11.8. The Morgan fingerprint density at radius 3 is 1.27 bits per heavy atom. The van der Waals surface area contributed by atoms with Gasteiger partial charge in [0.25, 0.3) is 0 Å². The molecule has 0 heteroatoms. The van der Waals surface area contributed by atoms with E-state index in [0.717, 1.165) is 6.42 Å². The molecule has 0 nitrogen and oxygen atoms in total. The molecule has 2 aliphatic carbocycles. The molecule has 0 aromatic heterocycles. The minimum absolute atomic E-state index is 0.386. The average molecular weight is 525 g/mol. The van der Waals surface area contributed by atoms with Crippen molar-refractivity contribution in [2.45, 2.75) is 32.1 Å². The molecule has 0 radical (unpaired) electrons.